The number of methoxy groups -OCH3 is 1. The van der Waals surface area contributed by atoms with Gasteiger partial charge in [0, 0.05) is 20.1 Å². The topological polar surface area (TPSA) is 27.7 Å². The molecule has 0 radical (unpaired) electrons. The van der Waals surface area contributed by atoms with Gasteiger partial charge in [0.2, 0.25) is 0 Å². The van der Waals surface area contributed by atoms with Gasteiger partial charge in [-0.1, -0.05) is 6.92 Å². The molecule has 13 heavy (non-hydrogen) atoms. The normalized spacial score (nSPS) is 34.8. The molecule has 1 saturated heterocycles. The predicted molar refractivity (Wildman–Crippen MR) is 50.6 cm³/mol. The summed E-state index contributed by atoms with van der Waals surface area (Å²) in [6, 6.07) is 0. The van der Waals surface area contributed by atoms with Crippen LogP contribution in [0.4, 0.5) is 0 Å². The third kappa shape index (κ3) is 3.63. The van der Waals surface area contributed by atoms with Crippen molar-refractivity contribution >= 4 is 0 Å². The van der Waals surface area contributed by atoms with E-state index in [4.69, 9.17) is 14.2 Å². The molecule has 3 heteroatoms. The minimum atomic E-state index is -0.0781. The first kappa shape index (κ1) is 11.0. The lowest BCUT2D eigenvalue weighted by Crippen LogP contribution is -2.36. The van der Waals surface area contributed by atoms with Gasteiger partial charge in [-0.15, -0.1) is 0 Å². The van der Waals surface area contributed by atoms with Gasteiger partial charge in [-0.2, -0.15) is 0 Å². The van der Waals surface area contributed by atoms with E-state index in [1.165, 1.54) is 0 Å². The van der Waals surface area contributed by atoms with Crippen molar-refractivity contribution in [3.8, 4) is 0 Å². The van der Waals surface area contributed by atoms with Crippen LogP contribution in [-0.4, -0.2) is 32.2 Å². The summed E-state index contributed by atoms with van der Waals surface area (Å²) < 4.78 is 16.4. The lowest BCUT2D eigenvalue weighted by atomic mass is 10.1. The molecule has 0 amide bonds. The van der Waals surface area contributed by atoms with E-state index in [0.29, 0.717) is 6.10 Å². The minimum Gasteiger partial charge on any atom is -0.378 e. The predicted octanol–water partition coefficient (Wildman–Crippen LogP) is 1.95. The summed E-state index contributed by atoms with van der Waals surface area (Å²) in [4.78, 5) is 0. The first-order valence-electron chi connectivity index (χ1n) is 5.06. The van der Waals surface area contributed by atoms with Crippen LogP contribution >= 0.6 is 0 Å². The van der Waals surface area contributed by atoms with Crippen molar-refractivity contribution in [2.45, 2.75) is 51.6 Å². The zero-order valence-corrected chi connectivity index (χ0v) is 8.79. The van der Waals surface area contributed by atoms with Gasteiger partial charge in [-0.25, -0.2) is 0 Å². The van der Waals surface area contributed by atoms with E-state index in [1.54, 1.807) is 7.11 Å². The molecule has 0 saturated carbocycles. The van der Waals surface area contributed by atoms with Gasteiger partial charge >= 0.3 is 0 Å². The van der Waals surface area contributed by atoms with Gasteiger partial charge < -0.3 is 14.2 Å². The van der Waals surface area contributed by atoms with E-state index < -0.39 is 0 Å². The van der Waals surface area contributed by atoms with Crippen molar-refractivity contribution in [1.82, 2.24) is 0 Å². The number of rotatable bonds is 4. The smallest absolute Gasteiger partial charge is 0.160 e. The summed E-state index contributed by atoms with van der Waals surface area (Å²) in [6.07, 6.45) is 3.41. The molecular weight excluding hydrogens is 168 g/mol. The highest BCUT2D eigenvalue weighted by Crippen LogP contribution is 2.22. The average Bonchev–Trinajstić information content (AvgIpc) is 2.14. The lowest BCUT2D eigenvalue weighted by Gasteiger charge is -2.32. The largest absolute Gasteiger partial charge is 0.378 e. The molecule has 3 nitrogen and oxygen atoms in total. The standard InChI is InChI=1S/C10H20O3/c1-4-5-12-9-6-8(2)13-10(7-9)11-3/h8-10H,4-7H2,1-3H3/t8-,9+,10+/m0/s1. The second kappa shape index (κ2) is 5.58. The Morgan fingerprint density at radius 3 is 2.77 bits per heavy atom. The Hall–Kier alpha value is -0.120. The number of hydrogen-bond donors (Lipinski definition) is 0. The molecule has 0 aromatic carbocycles. The molecule has 3 atom stereocenters. The van der Waals surface area contributed by atoms with E-state index in [9.17, 15) is 0 Å². The summed E-state index contributed by atoms with van der Waals surface area (Å²) >= 11 is 0. The molecule has 0 aliphatic carbocycles. The van der Waals surface area contributed by atoms with E-state index in [1.807, 2.05) is 0 Å². The van der Waals surface area contributed by atoms with Crippen LogP contribution in [0.3, 0.4) is 0 Å². The molecule has 0 aromatic heterocycles. The van der Waals surface area contributed by atoms with Crippen LogP contribution < -0.4 is 0 Å². The van der Waals surface area contributed by atoms with E-state index >= 15 is 0 Å². The molecule has 1 rings (SSSR count). The maximum absolute atomic E-state index is 5.67. The molecule has 1 aliphatic rings. The Bertz CT molecular complexity index is 138. The van der Waals surface area contributed by atoms with Crippen LogP contribution in [0, 0.1) is 0 Å². The number of ether oxygens (including phenoxy) is 3. The molecule has 0 spiro atoms. The molecular formula is C10H20O3. The Kier molecular flexibility index (Phi) is 4.70. The van der Waals surface area contributed by atoms with Crippen molar-refractivity contribution in [2.24, 2.45) is 0 Å². The summed E-state index contributed by atoms with van der Waals surface area (Å²) in [6.45, 7) is 5.03. The molecule has 1 aliphatic heterocycles. The Labute approximate surface area is 80.4 Å². The van der Waals surface area contributed by atoms with Crippen LogP contribution in [0.5, 0.6) is 0 Å². The monoisotopic (exact) mass is 188 g/mol. The van der Waals surface area contributed by atoms with Crippen molar-refractivity contribution in [3.63, 3.8) is 0 Å². The zero-order valence-electron chi connectivity index (χ0n) is 8.79. The minimum absolute atomic E-state index is 0.0781. The van der Waals surface area contributed by atoms with Gasteiger partial charge in [0.25, 0.3) is 0 Å². The highest BCUT2D eigenvalue weighted by molar-refractivity contribution is 4.71. The van der Waals surface area contributed by atoms with Crippen LogP contribution in [0.1, 0.15) is 33.1 Å². The summed E-state index contributed by atoms with van der Waals surface area (Å²) in [5, 5.41) is 0. The highest BCUT2D eigenvalue weighted by Gasteiger charge is 2.27. The molecule has 1 heterocycles. The van der Waals surface area contributed by atoms with Crippen molar-refractivity contribution in [3.05, 3.63) is 0 Å². The highest BCUT2D eigenvalue weighted by atomic mass is 16.7. The van der Waals surface area contributed by atoms with E-state index in [-0.39, 0.29) is 12.4 Å². The molecule has 0 N–H and O–H groups in total. The fraction of sp³-hybridized carbons (Fsp3) is 1.00. The summed E-state index contributed by atoms with van der Waals surface area (Å²) in [5.41, 5.74) is 0. The maximum Gasteiger partial charge on any atom is 0.160 e. The zero-order chi connectivity index (χ0) is 9.68. The van der Waals surface area contributed by atoms with Gasteiger partial charge in [0.05, 0.1) is 12.2 Å². The van der Waals surface area contributed by atoms with Crippen LogP contribution in [0.2, 0.25) is 0 Å². The molecule has 0 aromatic rings. The van der Waals surface area contributed by atoms with Crippen LogP contribution in [0.15, 0.2) is 0 Å². The Balaban J connectivity index is 2.29. The Morgan fingerprint density at radius 1 is 1.38 bits per heavy atom. The fourth-order valence-electron chi connectivity index (χ4n) is 1.62. The van der Waals surface area contributed by atoms with E-state index in [2.05, 4.69) is 13.8 Å². The summed E-state index contributed by atoms with van der Waals surface area (Å²) in [7, 11) is 1.68. The quantitative estimate of drug-likeness (QED) is 0.675. The van der Waals surface area contributed by atoms with Crippen molar-refractivity contribution in [2.75, 3.05) is 13.7 Å². The van der Waals surface area contributed by atoms with Gasteiger partial charge in [0.15, 0.2) is 6.29 Å². The first-order chi connectivity index (χ1) is 6.26. The second-order valence-corrected chi connectivity index (χ2v) is 3.58. The van der Waals surface area contributed by atoms with E-state index in [0.717, 1.165) is 25.9 Å². The molecule has 0 unspecified atom stereocenters. The summed E-state index contributed by atoms with van der Waals surface area (Å²) in [5.74, 6) is 0. The molecule has 78 valence electrons. The SMILES string of the molecule is CCCO[C@H]1C[C@H](OC)O[C@@H](C)C1. The fourth-order valence-corrected chi connectivity index (χ4v) is 1.62. The van der Waals surface area contributed by atoms with Crippen molar-refractivity contribution in [1.29, 1.82) is 0 Å². The third-order valence-electron chi connectivity index (χ3n) is 2.25. The van der Waals surface area contributed by atoms with Gasteiger partial charge in [-0.3, -0.25) is 0 Å². The van der Waals surface area contributed by atoms with Crippen LogP contribution in [0.25, 0.3) is 0 Å². The number of hydrogen-bond acceptors (Lipinski definition) is 3. The molecule has 0 bridgehead atoms. The van der Waals surface area contributed by atoms with Gasteiger partial charge in [-0.05, 0) is 19.8 Å². The molecule has 1 fully saturated rings. The van der Waals surface area contributed by atoms with Crippen LogP contribution in [-0.2, 0) is 14.2 Å². The Morgan fingerprint density at radius 2 is 2.15 bits per heavy atom. The maximum atomic E-state index is 5.67. The lowest BCUT2D eigenvalue weighted by molar-refractivity contribution is -0.206. The van der Waals surface area contributed by atoms with Crippen molar-refractivity contribution < 1.29 is 14.2 Å². The van der Waals surface area contributed by atoms with Gasteiger partial charge in [0.1, 0.15) is 0 Å². The first-order valence-corrected chi connectivity index (χ1v) is 5.06. The third-order valence-corrected chi connectivity index (χ3v) is 2.25. The second-order valence-electron chi connectivity index (χ2n) is 3.58. The average molecular weight is 188 g/mol.